The Bertz CT molecular complexity index is 461. The second kappa shape index (κ2) is 5.65. The molecule has 2 rings (SSSR count). The third-order valence-electron chi connectivity index (χ3n) is 3.19. The van der Waals surface area contributed by atoms with Crippen molar-refractivity contribution in [1.29, 1.82) is 5.26 Å². The maximum atomic E-state index is 11.9. The summed E-state index contributed by atoms with van der Waals surface area (Å²) in [6, 6.07) is 9.83. The molecule has 4 nitrogen and oxygen atoms in total. The third-order valence-corrected chi connectivity index (χ3v) is 3.19. The topological polar surface area (TPSA) is 56.1 Å². The van der Waals surface area contributed by atoms with Crippen molar-refractivity contribution in [2.75, 3.05) is 18.4 Å². The fourth-order valence-corrected chi connectivity index (χ4v) is 2.18. The van der Waals surface area contributed by atoms with E-state index in [1.165, 1.54) is 0 Å². The first-order chi connectivity index (χ1) is 8.69. The van der Waals surface area contributed by atoms with E-state index in [0.29, 0.717) is 6.54 Å². The molecule has 1 unspecified atom stereocenters. The number of nitrogens with zero attached hydrogens (tertiary/aromatic N) is 2. The molecule has 1 saturated heterocycles. The lowest BCUT2D eigenvalue weighted by atomic mass is 10.2. The van der Waals surface area contributed by atoms with Gasteiger partial charge in [0.15, 0.2) is 0 Å². The van der Waals surface area contributed by atoms with E-state index in [9.17, 15) is 4.79 Å². The second-order valence-electron chi connectivity index (χ2n) is 4.67. The summed E-state index contributed by atoms with van der Waals surface area (Å²) < 4.78 is 0. The van der Waals surface area contributed by atoms with E-state index in [2.05, 4.69) is 11.4 Å². The fraction of sp³-hybridized carbons (Fsp3) is 0.429. The van der Waals surface area contributed by atoms with Crippen molar-refractivity contribution >= 4 is 11.6 Å². The number of hydrogen-bond donors (Lipinski definition) is 1. The molecule has 0 spiro atoms. The number of likely N-dealkylation sites (tertiary alicyclic amines) is 1. The SMILES string of the molecule is Cc1ccc(NC(=O)CN2CCCC2C#N)cc1. The summed E-state index contributed by atoms with van der Waals surface area (Å²) in [5.74, 6) is -0.0546. The molecule has 0 radical (unpaired) electrons. The van der Waals surface area contributed by atoms with Crippen molar-refractivity contribution in [3.8, 4) is 6.07 Å². The van der Waals surface area contributed by atoms with Crippen LogP contribution in [0.5, 0.6) is 0 Å². The lowest BCUT2D eigenvalue weighted by Crippen LogP contribution is -2.36. The number of rotatable bonds is 3. The highest BCUT2D eigenvalue weighted by Crippen LogP contribution is 2.16. The maximum Gasteiger partial charge on any atom is 0.238 e. The van der Waals surface area contributed by atoms with Gasteiger partial charge in [0.2, 0.25) is 5.91 Å². The largest absolute Gasteiger partial charge is 0.325 e. The second-order valence-corrected chi connectivity index (χ2v) is 4.67. The molecular weight excluding hydrogens is 226 g/mol. The minimum atomic E-state index is -0.103. The van der Waals surface area contributed by atoms with Gasteiger partial charge in [0.25, 0.3) is 0 Å². The molecule has 1 N–H and O–H groups in total. The quantitative estimate of drug-likeness (QED) is 0.882. The summed E-state index contributed by atoms with van der Waals surface area (Å²) >= 11 is 0. The number of benzene rings is 1. The fourth-order valence-electron chi connectivity index (χ4n) is 2.18. The Morgan fingerprint density at radius 1 is 1.50 bits per heavy atom. The van der Waals surface area contributed by atoms with Crippen molar-refractivity contribution in [3.05, 3.63) is 29.8 Å². The zero-order valence-corrected chi connectivity index (χ0v) is 10.5. The number of anilines is 1. The highest BCUT2D eigenvalue weighted by molar-refractivity contribution is 5.92. The van der Waals surface area contributed by atoms with Gasteiger partial charge in [-0.05, 0) is 31.9 Å². The van der Waals surface area contributed by atoms with E-state index in [1.54, 1.807) is 0 Å². The molecule has 0 saturated carbocycles. The number of carbonyl (C=O) groups excluding carboxylic acids is 1. The summed E-state index contributed by atoms with van der Waals surface area (Å²) in [4.78, 5) is 13.8. The molecular formula is C14H17N3O. The van der Waals surface area contributed by atoms with Crippen LogP contribution in [0.15, 0.2) is 24.3 Å². The number of carbonyl (C=O) groups is 1. The van der Waals surface area contributed by atoms with Crippen LogP contribution < -0.4 is 5.32 Å². The van der Waals surface area contributed by atoms with Crippen molar-refractivity contribution < 1.29 is 4.79 Å². The molecule has 1 aliphatic rings. The lowest BCUT2D eigenvalue weighted by Gasteiger charge is -2.18. The highest BCUT2D eigenvalue weighted by atomic mass is 16.2. The molecule has 18 heavy (non-hydrogen) atoms. The first-order valence-electron chi connectivity index (χ1n) is 6.19. The molecule has 1 atom stereocenters. The Morgan fingerprint density at radius 3 is 2.89 bits per heavy atom. The summed E-state index contributed by atoms with van der Waals surface area (Å²) in [6.45, 7) is 3.14. The van der Waals surface area contributed by atoms with Gasteiger partial charge in [-0.25, -0.2) is 0 Å². The first-order valence-corrected chi connectivity index (χ1v) is 6.19. The minimum absolute atomic E-state index is 0.0546. The average molecular weight is 243 g/mol. The van der Waals surface area contributed by atoms with Gasteiger partial charge < -0.3 is 5.32 Å². The monoisotopic (exact) mass is 243 g/mol. The summed E-state index contributed by atoms with van der Waals surface area (Å²) in [5.41, 5.74) is 1.97. The van der Waals surface area contributed by atoms with Crippen LogP contribution in [0, 0.1) is 18.3 Å². The van der Waals surface area contributed by atoms with Gasteiger partial charge >= 0.3 is 0 Å². The van der Waals surface area contributed by atoms with Gasteiger partial charge in [-0.2, -0.15) is 5.26 Å². The third kappa shape index (κ3) is 3.08. The first kappa shape index (κ1) is 12.6. The van der Waals surface area contributed by atoms with Gasteiger partial charge in [0.05, 0.1) is 18.7 Å². The van der Waals surface area contributed by atoms with Crippen LogP contribution in [0.25, 0.3) is 0 Å². The molecule has 0 aromatic heterocycles. The number of hydrogen-bond acceptors (Lipinski definition) is 3. The van der Waals surface area contributed by atoms with Crippen LogP contribution in [0.2, 0.25) is 0 Å². The van der Waals surface area contributed by atoms with E-state index >= 15 is 0 Å². The minimum Gasteiger partial charge on any atom is -0.325 e. The molecule has 1 amide bonds. The maximum absolute atomic E-state index is 11.9. The highest BCUT2D eigenvalue weighted by Gasteiger charge is 2.25. The Balaban J connectivity index is 1.89. The van der Waals surface area contributed by atoms with Crippen LogP contribution in [0.1, 0.15) is 18.4 Å². The number of nitriles is 1. The molecule has 1 fully saturated rings. The van der Waals surface area contributed by atoms with Crippen LogP contribution in [-0.4, -0.2) is 29.9 Å². The normalized spacial score (nSPS) is 19.4. The van der Waals surface area contributed by atoms with Crippen LogP contribution in [0.3, 0.4) is 0 Å². The van der Waals surface area contributed by atoms with Gasteiger partial charge in [0.1, 0.15) is 0 Å². The van der Waals surface area contributed by atoms with Gasteiger partial charge in [-0.3, -0.25) is 9.69 Å². The number of aryl methyl sites for hydroxylation is 1. The van der Waals surface area contributed by atoms with E-state index in [1.807, 2.05) is 36.1 Å². The van der Waals surface area contributed by atoms with Gasteiger partial charge in [-0.1, -0.05) is 17.7 Å². The van der Waals surface area contributed by atoms with Crippen molar-refractivity contribution in [1.82, 2.24) is 4.90 Å². The molecule has 0 aliphatic carbocycles. The lowest BCUT2D eigenvalue weighted by molar-refractivity contribution is -0.117. The Labute approximate surface area is 107 Å². The standard InChI is InChI=1S/C14H17N3O/c1-11-4-6-12(7-5-11)16-14(18)10-17-8-2-3-13(17)9-15/h4-7,13H,2-3,8,10H2,1H3,(H,16,18). The predicted octanol–water partition coefficient (Wildman–Crippen LogP) is 1.92. The summed E-state index contributed by atoms with van der Waals surface area (Å²) in [5, 5.41) is 11.8. The smallest absolute Gasteiger partial charge is 0.238 e. The molecule has 1 heterocycles. The van der Waals surface area contributed by atoms with Crippen molar-refractivity contribution in [2.45, 2.75) is 25.8 Å². The summed E-state index contributed by atoms with van der Waals surface area (Å²) in [6.07, 6.45) is 1.87. The zero-order valence-electron chi connectivity index (χ0n) is 10.5. The van der Waals surface area contributed by atoms with E-state index in [4.69, 9.17) is 5.26 Å². The number of nitrogens with one attached hydrogen (secondary N) is 1. The van der Waals surface area contributed by atoms with Crippen LogP contribution >= 0.6 is 0 Å². The average Bonchev–Trinajstić information content (AvgIpc) is 2.79. The van der Waals surface area contributed by atoms with Crippen molar-refractivity contribution in [3.63, 3.8) is 0 Å². The Hall–Kier alpha value is -1.86. The molecule has 1 aromatic carbocycles. The Kier molecular flexibility index (Phi) is 3.96. The molecule has 1 aliphatic heterocycles. The molecule has 1 aromatic rings. The zero-order chi connectivity index (χ0) is 13.0. The van der Waals surface area contributed by atoms with Gasteiger partial charge in [-0.15, -0.1) is 0 Å². The predicted molar refractivity (Wildman–Crippen MR) is 70.0 cm³/mol. The molecule has 4 heteroatoms. The molecule has 94 valence electrons. The van der Waals surface area contributed by atoms with Crippen molar-refractivity contribution in [2.24, 2.45) is 0 Å². The summed E-state index contributed by atoms with van der Waals surface area (Å²) in [7, 11) is 0. The number of amides is 1. The van der Waals surface area contributed by atoms with Crippen LogP contribution in [-0.2, 0) is 4.79 Å². The van der Waals surface area contributed by atoms with E-state index in [-0.39, 0.29) is 11.9 Å². The van der Waals surface area contributed by atoms with Gasteiger partial charge in [0, 0.05) is 12.2 Å². The molecule has 0 bridgehead atoms. The van der Waals surface area contributed by atoms with Crippen LogP contribution in [0.4, 0.5) is 5.69 Å². The Morgan fingerprint density at radius 2 is 2.22 bits per heavy atom. The van der Waals surface area contributed by atoms with E-state index < -0.39 is 0 Å². The van der Waals surface area contributed by atoms with E-state index in [0.717, 1.165) is 30.6 Å².